The molecule has 1 aliphatic heterocycles. The largest absolute Gasteiger partial charge is 0.508 e. The fourth-order valence-electron chi connectivity index (χ4n) is 3.02. The third-order valence-electron chi connectivity index (χ3n) is 4.43. The second-order valence-corrected chi connectivity index (χ2v) is 8.56. The van der Waals surface area contributed by atoms with Gasteiger partial charge in [0.15, 0.2) is 0 Å². The highest BCUT2D eigenvalue weighted by atomic mass is 33.1. The van der Waals surface area contributed by atoms with Gasteiger partial charge in [0.05, 0.1) is 5.56 Å². The Morgan fingerprint density at radius 1 is 0.931 bits per heavy atom. The van der Waals surface area contributed by atoms with Gasteiger partial charge in [0, 0.05) is 15.4 Å². The number of thioether (sulfide) groups is 1. The maximum atomic E-state index is 12.5. The molecular weight excluding hydrogens is 424 g/mol. The Morgan fingerprint density at radius 2 is 1.66 bits per heavy atom. The Kier molecular flexibility index (Phi) is 5.91. The number of thiol groups is 1. The predicted molar refractivity (Wildman–Crippen MR) is 121 cm³/mol. The van der Waals surface area contributed by atoms with Gasteiger partial charge in [-0.2, -0.15) is 0 Å². The lowest BCUT2D eigenvalue weighted by molar-refractivity contribution is 0.270. The van der Waals surface area contributed by atoms with Gasteiger partial charge in [0.1, 0.15) is 16.9 Å². The van der Waals surface area contributed by atoms with Crippen LogP contribution in [0.25, 0.3) is 22.5 Å². The molecule has 1 aliphatic carbocycles. The van der Waals surface area contributed by atoms with Crippen LogP contribution in [0.15, 0.2) is 91.8 Å². The zero-order valence-electron chi connectivity index (χ0n) is 15.0. The summed E-state index contributed by atoms with van der Waals surface area (Å²) in [5, 5.41) is 20.1. The first kappa shape index (κ1) is 20.0. The van der Waals surface area contributed by atoms with Gasteiger partial charge in [0.25, 0.3) is 0 Å². The van der Waals surface area contributed by atoms with Crippen molar-refractivity contribution in [1.29, 1.82) is 0 Å². The van der Waals surface area contributed by atoms with Crippen LogP contribution in [0.2, 0.25) is 0 Å². The molecule has 4 nitrogen and oxygen atoms in total. The quantitative estimate of drug-likeness (QED) is 0.157. The van der Waals surface area contributed by atoms with Crippen molar-refractivity contribution in [3.63, 3.8) is 0 Å². The van der Waals surface area contributed by atoms with Crippen molar-refractivity contribution in [2.45, 2.75) is 15.2 Å². The van der Waals surface area contributed by atoms with Gasteiger partial charge < -0.3 is 14.6 Å². The van der Waals surface area contributed by atoms with E-state index in [1.54, 1.807) is 18.2 Å². The van der Waals surface area contributed by atoms with Gasteiger partial charge in [-0.05, 0) is 41.5 Å². The summed E-state index contributed by atoms with van der Waals surface area (Å²) in [4.78, 5) is 14.1. The molecule has 2 aliphatic rings. The Balaban J connectivity index is 1.76. The number of aliphatic hydroxyl groups is 1. The second-order valence-electron chi connectivity index (χ2n) is 6.27. The van der Waals surface area contributed by atoms with Gasteiger partial charge in [0.2, 0.25) is 0 Å². The van der Waals surface area contributed by atoms with E-state index in [1.165, 1.54) is 34.7 Å². The van der Waals surface area contributed by atoms with E-state index in [0.29, 0.717) is 22.5 Å². The van der Waals surface area contributed by atoms with E-state index >= 15 is 0 Å². The summed E-state index contributed by atoms with van der Waals surface area (Å²) in [5.74, 6) is 0.584. The van der Waals surface area contributed by atoms with Crippen LogP contribution in [-0.4, -0.2) is 10.2 Å². The van der Waals surface area contributed by atoms with E-state index in [1.807, 2.05) is 42.5 Å². The number of furan rings is 1. The minimum Gasteiger partial charge on any atom is -0.508 e. The predicted octanol–water partition coefficient (Wildman–Crippen LogP) is 5.84. The van der Waals surface area contributed by atoms with E-state index in [4.69, 9.17) is 4.42 Å². The van der Waals surface area contributed by atoms with Crippen LogP contribution in [-0.2, 0) is 0 Å². The molecule has 2 aromatic rings. The minimum atomic E-state index is -0.859. The molecule has 4 rings (SSSR count). The average molecular weight is 441 g/mol. The second kappa shape index (κ2) is 8.59. The van der Waals surface area contributed by atoms with Crippen LogP contribution in [0.1, 0.15) is 11.0 Å². The van der Waals surface area contributed by atoms with Crippen LogP contribution in [0.3, 0.4) is 0 Å². The molecule has 1 atom stereocenters. The smallest absolute Gasteiger partial charge is 0.344 e. The Morgan fingerprint density at radius 3 is 2.34 bits per heavy atom. The summed E-state index contributed by atoms with van der Waals surface area (Å²) in [6.07, 6.45) is 0. The zero-order chi connectivity index (χ0) is 20.4. The topological polar surface area (TPSA) is 70.7 Å². The molecule has 0 bridgehead atoms. The first-order chi connectivity index (χ1) is 14.1. The number of aromatic hydroxyl groups is 1. The SMILES string of the molecule is O=c1oc2cc(SC(O)c3ccc(O)cc3)c(SS)ccc-2c1-c1ccccc1. The molecule has 0 radical (unpaired) electrons. The van der Waals surface area contributed by atoms with Crippen LogP contribution in [0, 0.1) is 0 Å². The molecule has 146 valence electrons. The maximum absolute atomic E-state index is 12.5. The first-order valence-corrected chi connectivity index (χ1v) is 11.4. The highest BCUT2D eigenvalue weighted by molar-refractivity contribution is 8.68. The molecule has 1 unspecified atom stereocenters. The molecule has 0 amide bonds. The number of phenols is 1. The summed E-state index contributed by atoms with van der Waals surface area (Å²) in [5.41, 5.74) is 1.41. The van der Waals surface area contributed by atoms with E-state index in [-0.39, 0.29) is 5.75 Å². The molecule has 0 saturated heterocycles. The molecule has 2 N–H and O–H groups in total. The van der Waals surface area contributed by atoms with Crippen molar-refractivity contribution in [3.05, 3.63) is 88.8 Å². The van der Waals surface area contributed by atoms with E-state index in [0.717, 1.165) is 15.4 Å². The maximum Gasteiger partial charge on any atom is 0.344 e. The zero-order valence-corrected chi connectivity index (χ0v) is 17.5. The summed E-state index contributed by atoms with van der Waals surface area (Å²) >= 11 is 5.55. The van der Waals surface area contributed by atoms with Crippen LogP contribution >= 0.6 is 34.2 Å². The summed E-state index contributed by atoms with van der Waals surface area (Å²) in [6, 6.07) is 21.2. The summed E-state index contributed by atoms with van der Waals surface area (Å²) in [6.45, 7) is 0. The molecule has 7 heteroatoms. The van der Waals surface area contributed by atoms with Crippen molar-refractivity contribution in [2.75, 3.05) is 0 Å². The standard InChI is InChI=1S/C22H16O4S3/c23-15-8-6-14(7-9-15)22(25)28-19-12-17-16(10-11-18(19)29-27)20(21(24)26-17)13-4-2-1-3-5-13/h1-12,22-23,25,27H. The fourth-order valence-corrected chi connectivity index (χ4v) is 5.12. The van der Waals surface area contributed by atoms with E-state index < -0.39 is 11.1 Å². The molecule has 0 fully saturated rings. The van der Waals surface area contributed by atoms with Crippen LogP contribution in [0.5, 0.6) is 5.75 Å². The van der Waals surface area contributed by atoms with Crippen molar-refractivity contribution < 1.29 is 14.6 Å². The van der Waals surface area contributed by atoms with E-state index in [2.05, 4.69) is 11.7 Å². The van der Waals surface area contributed by atoms with Crippen molar-refractivity contribution in [3.8, 4) is 28.2 Å². The third kappa shape index (κ3) is 4.18. The van der Waals surface area contributed by atoms with Crippen molar-refractivity contribution >= 4 is 34.2 Å². The Labute approximate surface area is 180 Å². The lowest BCUT2D eigenvalue weighted by atomic mass is 10.0. The molecule has 0 spiro atoms. The first-order valence-electron chi connectivity index (χ1n) is 8.68. The highest BCUT2D eigenvalue weighted by Gasteiger charge is 2.21. The molecular formula is C22H16O4S3. The fraction of sp³-hybridized carbons (Fsp3) is 0.0455. The molecule has 1 heterocycles. The van der Waals surface area contributed by atoms with Gasteiger partial charge in [-0.25, -0.2) is 4.79 Å². The van der Waals surface area contributed by atoms with Crippen LogP contribution < -0.4 is 5.63 Å². The molecule has 2 aromatic carbocycles. The number of rotatable bonds is 5. The molecule has 0 saturated carbocycles. The van der Waals surface area contributed by atoms with Gasteiger partial charge >= 0.3 is 5.63 Å². The number of hydrogen-bond donors (Lipinski definition) is 3. The minimum absolute atomic E-state index is 0.136. The highest BCUT2D eigenvalue weighted by Crippen LogP contribution is 2.43. The van der Waals surface area contributed by atoms with Crippen molar-refractivity contribution in [2.24, 2.45) is 0 Å². The summed E-state index contributed by atoms with van der Waals surface area (Å²) in [7, 11) is 1.25. The molecule has 29 heavy (non-hydrogen) atoms. The normalized spacial score (nSPS) is 12.2. The number of benzene rings is 2. The van der Waals surface area contributed by atoms with Crippen LogP contribution in [0.4, 0.5) is 0 Å². The Hall–Kier alpha value is -2.32. The number of hydrogen-bond acceptors (Lipinski definition) is 7. The van der Waals surface area contributed by atoms with Gasteiger partial charge in [-0.1, -0.05) is 65.0 Å². The number of phenolic OH excluding ortho intramolecular Hbond substituents is 1. The van der Waals surface area contributed by atoms with Gasteiger partial charge in [-0.15, -0.1) is 11.7 Å². The molecule has 0 aromatic heterocycles. The lowest BCUT2D eigenvalue weighted by Crippen LogP contribution is -1.95. The van der Waals surface area contributed by atoms with Crippen molar-refractivity contribution in [1.82, 2.24) is 0 Å². The monoisotopic (exact) mass is 440 g/mol. The van der Waals surface area contributed by atoms with Gasteiger partial charge in [-0.3, -0.25) is 0 Å². The lowest BCUT2D eigenvalue weighted by Gasteiger charge is -2.11. The number of aliphatic hydroxyl groups excluding tert-OH is 1. The summed E-state index contributed by atoms with van der Waals surface area (Å²) < 4.78 is 5.54. The third-order valence-corrected chi connectivity index (χ3v) is 6.78. The average Bonchev–Trinajstić information content (AvgIpc) is 2.94. The Bertz CT molecular complexity index is 1160. The number of fused-ring (bicyclic) bond motifs is 1. The van der Waals surface area contributed by atoms with E-state index in [9.17, 15) is 15.0 Å².